The fourth-order valence-electron chi connectivity index (χ4n) is 3.04. The lowest BCUT2D eigenvalue weighted by Gasteiger charge is -2.12. The number of benzene rings is 2. The molecule has 0 saturated heterocycles. The fraction of sp³-hybridized carbons (Fsp3) is 0.167. The van der Waals surface area contributed by atoms with Crippen LogP contribution in [-0.4, -0.2) is 47.4 Å². The number of nitrogens with zero attached hydrogens (tertiary/aromatic N) is 3. The molecule has 0 bridgehead atoms. The summed E-state index contributed by atoms with van der Waals surface area (Å²) in [5, 5.41) is 3.25. The number of fused-ring (bicyclic) bond motifs is 1. The zero-order chi connectivity index (χ0) is 22.5. The van der Waals surface area contributed by atoms with Crippen molar-refractivity contribution in [2.45, 2.75) is 6.54 Å². The number of hydrogen-bond acceptors (Lipinski definition) is 6. The van der Waals surface area contributed by atoms with Crippen LogP contribution in [0.15, 0.2) is 67.0 Å². The molecule has 0 spiro atoms. The molecule has 0 unspecified atom stereocenters. The molecule has 1 N–H and O–H groups in total. The van der Waals surface area contributed by atoms with Gasteiger partial charge in [0.25, 0.3) is 11.8 Å². The number of likely N-dealkylation sites (N-methyl/N-ethyl adjacent to an activating group) is 1. The highest BCUT2D eigenvalue weighted by atomic mass is 32.1. The summed E-state index contributed by atoms with van der Waals surface area (Å²) in [6, 6.07) is 17.3. The summed E-state index contributed by atoms with van der Waals surface area (Å²) in [5.41, 5.74) is 3.42. The zero-order valence-electron chi connectivity index (χ0n) is 17.7. The van der Waals surface area contributed by atoms with E-state index in [-0.39, 0.29) is 18.4 Å². The van der Waals surface area contributed by atoms with E-state index >= 15 is 0 Å². The van der Waals surface area contributed by atoms with Gasteiger partial charge in [0, 0.05) is 33.0 Å². The quantitative estimate of drug-likeness (QED) is 0.467. The van der Waals surface area contributed by atoms with Crippen molar-refractivity contribution in [1.29, 1.82) is 0 Å². The van der Waals surface area contributed by atoms with Crippen LogP contribution in [0.1, 0.15) is 15.4 Å². The molecular formula is C24H22N4O3S. The molecule has 2 heterocycles. The van der Waals surface area contributed by atoms with E-state index in [1.54, 1.807) is 26.5 Å². The molecule has 4 rings (SSSR count). The van der Waals surface area contributed by atoms with Gasteiger partial charge in [0.2, 0.25) is 0 Å². The van der Waals surface area contributed by atoms with Crippen LogP contribution in [0.4, 0.5) is 0 Å². The van der Waals surface area contributed by atoms with E-state index in [0.29, 0.717) is 22.8 Å². The predicted molar refractivity (Wildman–Crippen MR) is 125 cm³/mol. The van der Waals surface area contributed by atoms with Gasteiger partial charge in [-0.3, -0.25) is 14.6 Å². The Hall–Kier alpha value is -3.78. The molecule has 7 nitrogen and oxygen atoms in total. The number of nitrogens with one attached hydrogen (secondary N) is 1. The summed E-state index contributed by atoms with van der Waals surface area (Å²) < 4.78 is 6.63. The summed E-state index contributed by atoms with van der Waals surface area (Å²) in [7, 11) is 3.35. The molecule has 2 aromatic carbocycles. The van der Waals surface area contributed by atoms with E-state index < -0.39 is 0 Å². The number of carbonyl (C=O) groups is 2. The van der Waals surface area contributed by atoms with E-state index in [0.717, 1.165) is 21.4 Å². The fourth-order valence-corrected chi connectivity index (χ4v) is 3.98. The van der Waals surface area contributed by atoms with Crippen LogP contribution in [0.25, 0.3) is 21.3 Å². The van der Waals surface area contributed by atoms with E-state index in [1.165, 1.54) is 16.2 Å². The van der Waals surface area contributed by atoms with Crippen molar-refractivity contribution < 1.29 is 14.3 Å². The highest BCUT2D eigenvalue weighted by Crippen LogP contribution is 2.35. The molecular weight excluding hydrogens is 424 g/mol. The maximum Gasteiger partial charge on any atom is 0.280 e. The Bertz CT molecular complexity index is 1240. The molecule has 162 valence electrons. The minimum atomic E-state index is -0.254. The number of carbonyl (C=O) groups excluding carboxylic acids is 2. The van der Waals surface area contributed by atoms with Gasteiger partial charge in [-0.05, 0) is 41.0 Å². The lowest BCUT2D eigenvalue weighted by Crippen LogP contribution is -2.27. The van der Waals surface area contributed by atoms with Crippen LogP contribution < -0.4 is 10.1 Å². The number of rotatable bonds is 7. The van der Waals surface area contributed by atoms with Gasteiger partial charge in [0.15, 0.2) is 11.6 Å². The van der Waals surface area contributed by atoms with Crippen molar-refractivity contribution in [3.8, 4) is 16.9 Å². The van der Waals surface area contributed by atoms with Crippen molar-refractivity contribution in [3.05, 3.63) is 77.6 Å². The largest absolute Gasteiger partial charge is 0.481 e. The smallest absolute Gasteiger partial charge is 0.280 e. The molecule has 4 aromatic rings. The molecule has 8 heteroatoms. The first kappa shape index (κ1) is 21.5. The Kier molecular flexibility index (Phi) is 6.42. The highest BCUT2D eigenvalue weighted by molar-refractivity contribution is 7.20. The molecule has 0 fully saturated rings. The Morgan fingerprint density at radius 2 is 1.78 bits per heavy atom. The average molecular weight is 447 g/mol. The topological polar surface area (TPSA) is 84.4 Å². The van der Waals surface area contributed by atoms with E-state index in [4.69, 9.17) is 4.74 Å². The van der Waals surface area contributed by atoms with Gasteiger partial charge < -0.3 is 15.0 Å². The maximum absolute atomic E-state index is 12.7. The van der Waals surface area contributed by atoms with Crippen molar-refractivity contribution in [1.82, 2.24) is 20.2 Å². The first-order valence-electron chi connectivity index (χ1n) is 10.0. The Balaban J connectivity index is 1.65. The minimum absolute atomic E-state index is 0.116. The summed E-state index contributed by atoms with van der Waals surface area (Å²) >= 11 is 1.29. The molecule has 0 radical (unpaired) electrons. The van der Waals surface area contributed by atoms with Gasteiger partial charge in [0.05, 0.1) is 4.70 Å². The van der Waals surface area contributed by atoms with Crippen molar-refractivity contribution >= 4 is 33.4 Å². The number of hydrogen-bond donors (Lipinski definition) is 1. The Morgan fingerprint density at radius 3 is 2.50 bits per heavy atom. The van der Waals surface area contributed by atoms with Gasteiger partial charge in [-0.2, -0.15) is 0 Å². The summed E-state index contributed by atoms with van der Waals surface area (Å²) in [6.07, 6.45) is 3.43. The van der Waals surface area contributed by atoms with Crippen LogP contribution in [0, 0.1) is 0 Å². The second-order valence-corrected chi connectivity index (χ2v) is 8.35. The van der Waals surface area contributed by atoms with Crippen LogP contribution in [0.2, 0.25) is 0 Å². The summed E-state index contributed by atoms with van der Waals surface area (Å²) in [5.74, 6) is 0.0437. The third kappa shape index (κ3) is 4.92. The normalized spacial score (nSPS) is 10.7. The van der Waals surface area contributed by atoms with E-state index in [9.17, 15) is 9.59 Å². The highest BCUT2D eigenvalue weighted by Gasteiger charge is 2.18. The lowest BCUT2D eigenvalue weighted by molar-refractivity contribution is -0.130. The molecule has 0 saturated carbocycles. The number of amides is 2. The van der Waals surface area contributed by atoms with Gasteiger partial charge >= 0.3 is 0 Å². The lowest BCUT2D eigenvalue weighted by atomic mass is 10.1. The number of pyridine rings is 1. The van der Waals surface area contributed by atoms with Gasteiger partial charge in [-0.15, -0.1) is 11.3 Å². The van der Waals surface area contributed by atoms with Crippen LogP contribution in [0.3, 0.4) is 0 Å². The zero-order valence-corrected chi connectivity index (χ0v) is 18.6. The van der Waals surface area contributed by atoms with E-state index in [1.807, 2.05) is 54.6 Å². The maximum atomic E-state index is 12.7. The predicted octanol–water partition coefficient (Wildman–Crippen LogP) is 3.76. The van der Waals surface area contributed by atoms with Crippen molar-refractivity contribution in [2.75, 3.05) is 20.7 Å². The average Bonchev–Trinajstić information content (AvgIpc) is 3.26. The number of thiazole rings is 1. The second-order valence-electron chi connectivity index (χ2n) is 7.32. The monoisotopic (exact) mass is 446 g/mol. The van der Waals surface area contributed by atoms with Gasteiger partial charge in [-0.25, -0.2) is 4.98 Å². The third-order valence-corrected chi connectivity index (χ3v) is 5.81. The van der Waals surface area contributed by atoms with E-state index in [2.05, 4.69) is 15.3 Å². The van der Waals surface area contributed by atoms with Gasteiger partial charge in [0.1, 0.15) is 11.3 Å². The molecule has 0 aliphatic carbocycles. The summed E-state index contributed by atoms with van der Waals surface area (Å²) in [4.78, 5) is 34.8. The molecule has 32 heavy (non-hydrogen) atoms. The minimum Gasteiger partial charge on any atom is -0.481 e. The van der Waals surface area contributed by atoms with Gasteiger partial charge in [-0.1, -0.05) is 30.3 Å². The summed E-state index contributed by atoms with van der Waals surface area (Å²) in [6.45, 7) is 0.299. The Morgan fingerprint density at radius 1 is 1.03 bits per heavy atom. The van der Waals surface area contributed by atoms with Crippen LogP contribution in [0.5, 0.6) is 5.75 Å². The SMILES string of the molecule is CN(C)C(=O)COc1cc(-c2ccncc2)cc2sc(C(=O)NCc3ccccc3)nc12. The molecule has 0 aliphatic rings. The Labute approximate surface area is 189 Å². The molecule has 2 aromatic heterocycles. The number of ether oxygens (including phenoxy) is 1. The van der Waals surface area contributed by atoms with Crippen molar-refractivity contribution in [3.63, 3.8) is 0 Å². The molecule has 0 aliphatic heterocycles. The number of aromatic nitrogens is 2. The first-order valence-corrected chi connectivity index (χ1v) is 10.8. The van der Waals surface area contributed by atoms with Crippen LogP contribution in [-0.2, 0) is 11.3 Å². The standard InChI is InChI=1S/C24H22N4O3S/c1-28(2)21(29)15-31-19-12-18(17-8-10-25-11-9-17)13-20-22(19)27-24(32-20)23(30)26-14-16-6-4-3-5-7-16/h3-13H,14-15H2,1-2H3,(H,26,30). The second kappa shape index (κ2) is 9.57. The van der Waals surface area contributed by atoms with Crippen molar-refractivity contribution in [2.24, 2.45) is 0 Å². The molecule has 0 atom stereocenters. The molecule has 2 amide bonds. The first-order chi connectivity index (χ1) is 15.5. The third-order valence-electron chi connectivity index (χ3n) is 4.81. The van der Waals surface area contributed by atoms with Crippen LogP contribution >= 0.6 is 11.3 Å².